The Morgan fingerprint density at radius 2 is 1.89 bits per heavy atom. The van der Waals surface area contributed by atoms with Crippen molar-refractivity contribution >= 4 is 17.7 Å². The fourth-order valence-electron chi connectivity index (χ4n) is 10.7. The zero-order valence-electron chi connectivity index (χ0n) is 21.2. The van der Waals surface area contributed by atoms with E-state index in [4.69, 9.17) is 18.6 Å². The third-order valence-corrected chi connectivity index (χ3v) is 11.8. The highest BCUT2D eigenvalue weighted by molar-refractivity contribution is 5.94. The van der Waals surface area contributed by atoms with Crippen LogP contribution in [0.1, 0.15) is 51.7 Å². The molecule has 1 aromatic heterocycles. The fourth-order valence-corrected chi connectivity index (χ4v) is 10.7. The lowest BCUT2D eigenvalue weighted by molar-refractivity contribution is -0.320. The Kier molecular flexibility index (Phi) is 4.28. The van der Waals surface area contributed by atoms with Gasteiger partial charge in [0.15, 0.2) is 18.0 Å². The predicted octanol–water partition coefficient (Wildman–Crippen LogP) is 0.918. The van der Waals surface area contributed by atoms with Crippen LogP contribution in [0.3, 0.4) is 0 Å². The topological polar surface area (TPSA) is 153 Å². The molecule has 7 rings (SSSR count). The van der Waals surface area contributed by atoms with E-state index >= 15 is 0 Å². The van der Waals surface area contributed by atoms with Gasteiger partial charge in [0.25, 0.3) is 0 Å². The SMILES string of the molecule is COC(=O)[C@@H](O)[C@@H]1[C@@]2(C)[C@H]3CC[C@]4(C)[C@H]5[C@H](O[C@@H]6C(=O)[C@]1(C)C[C@]2(O)[C@H]6[C@@]53O)C(=O)O[C@H]4c1ccoc1. The van der Waals surface area contributed by atoms with Crippen LogP contribution in [0.5, 0.6) is 0 Å². The van der Waals surface area contributed by atoms with Crippen molar-refractivity contribution < 1.29 is 48.3 Å². The van der Waals surface area contributed by atoms with E-state index in [0.29, 0.717) is 18.4 Å². The van der Waals surface area contributed by atoms with Crippen LogP contribution in [0, 0.1) is 39.9 Å². The number of aliphatic hydroxyl groups excluding tert-OH is 1. The second-order valence-electron chi connectivity index (χ2n) is 12.9. The second kappa shape index (κ2) is 6.65. The third-order valence-electron chi connectivity index (χ3n) is 11.8. The molecule has 4 aliphatic carbocycles. The molecule has 0 amide bonds. The molecule has 3 N–H and O–H groups in total. The molecule has 13 atom stereocenters. The first kappa shape index (κ1) is 23.8. The minimum Gasteiger partial charge on any atom is -0.472 e. The predicted molar refractivity (Wildman–Crippen MR) is 121 cm³/mol. The van der Waals surface area contributed by atoms with Gasteiger partial charge in [-0.05, 0) is 31.2 Å². The number of esters is 2. The highest BCUT2D eigenvalue weighted by atomic mass is 16.6. The van der Waals surface area contributed by atoms with Crippen molar-refractivity contribution in [3.63, 3.8) is 0 Å². The molecule has 3 heterocycles. The summed E-state index contributed by atoms with van der Waals surface area (Å²) in [5.74, 6) is -5.43. The van der Waals surface area contributed by atoms with Crippen molar-refractivity contribution in [1.82, 2.24) is 0 Å². The lowest BCUT2D eigenvalue weighted by Crippen LogP contribution is -2.76. The molecule has 2 saturated heterocycles. The van der Waals surface area contributed by atoms with E-state index in [9.17, 15) is 29.7 Å². The third kappa shape index (κ3) is 2.22. The van der Waals surface area contributed by atoms with Gasteiger partial charge in [-0.15, -0.1) is 0 Å². The number of rotatable bonds is 3. The summed E-state index contributed by atoms with van der Waals surface area (Å²) in [6.07, 6.45) is -0.940. The molecule has 6 aliphatic rings. The Morgan fingerprint density at radius 1 is 1.16 bits per heavy atom. The number of ketones is 1. The van der Waals surface area contributed by atoms with E-state index in [0.717, 1.165) is 7.11 Å². The number of Topliss-reactive ketones (excluding diaryl/α,β-unsaturated/α-hetero) is 1. The van der Waals surface area contributed by atoms with Crippen LogP contribution in [0.2, 0.25) is 0 Å². The van der Waals surface area contributed by atoms with Crippen molar-refractivity contribution in [3.8, 4) is 0 Å². The zero-order valence-corrected chi connectivity index (χ0v) is 21.2. The van der Waals surface area contributed by atoms with E-state index in [1.165, 1.54) is 12.5 Å². The molecular weight excluding hydrogens is 484 g/mol. The maximum Gasteiger partial charge on any atom is 0.336 e. The van der Waals surface area contributed by atoms with Crippen LogP contribution < -0.4 is 0 Å². The summed E-state index contributed by atoms with van der Waals surface area (Å²) >= 11 is 0. The lowest BCUT2D eigenvalue weighted by Gasteiger charge is -2.66. The molecular formula is C27H32O10. The van der Waals surface area contributed by atoms with Gasteiger partial charge in [0.05, 0.1) is 36.8 Å². The van der Waals surface area contributed by atoms with E-state index in [-0.39, 0.29) is 6.42 Å². The van der Waals surface area contributed by atoms with Crippen LogP contribution >= 0.6 is 0 Å². The van der Waals surface area contributed by atoms with Gasteiger partial charge >= 0.3 is 11.9 Å². The van der Waals surface area contributed by atoms with Crippen molar-refractivity contribution in [3.05, 3.63) is 24.2 Å². The summed E-state index contributed by atoms with van der Waals surface area (Å²) in [6.45, 7) is 5.36. The average molecular weight is 517 g/mol. The van der Waals surface area contributed by atoms with Gasteiger partial charge < -0.3 is 33.9 Å². The number of hydrogen-bond acceptors (Lipinski definition) is 10. The Balaban J connectivity index is 1.47. The molecule has 200 valence electrons. The number of carbonyl (C=O) groups is 3. The van der Waals surface area contributed by atoms with Crippen molar-refractivity contribution in [1.29, 1.82) is 0 Å². The molecule has 0 spiro atoms. The van der Waals surface area contributed by atoms with Crippen LogP contribution in [-0.2, 0) is 28.6 Å². The first-order valence-corrected chi connectivity index (χ1v) is 12.9. The van der Waals surface area contributed by atoms with E-state index in [1.54, 1.807) is 19.9 Å². The maximum atomic E-state index is 14.1. The number of aliphatic hydroxyl groups is 3. The highest BCUT2D eigenvalue weighted by Gasteiger charge is 2.91. The maximum absolute atomic E-state index is 14.1. The number of methoxy groups -OCH3 is 1. The van der Waals surface area contributed by atoms with Crippen LogP contribution in [-0.4, -0.2) is 69.7 Å². The molecule has 4 saturated carbocycles. The van der Waals surface area contributed by atoms with E-state index < -0.39 is 93.3 Å². The molecule has 1 aromatic rings. The van der Waals surface area contributed by atoms with Gasteiger partial charge in [0, 0.05) is 33.6 Å². The normalized spacial score (nSPS) is 55.6. The number of cyclic esters (lactones) is 1. The van der Waals surface area contributed by atoms with Crippen molar-refractivity contribution in [2.45, 2.75) is 75.7 Å². The number of fused-ring (bicyclic) bond motifs is 2. The smallest absolute Gasteiger partial charge is 0.336 e. The first-order valence-electron chi connectivity index (χ1n) is 12.9. The molecule has 0 unspecified atom stereocenters. The summed E-state index contributed by atoms with van der Waals surface area (Å²) in [4.78, 5) is 40.2. The van der Waals surface area contributed by atoms with Gasteiger partial charge in [-0.2, -0.15) is 0 Å². The Hall–Kier alpha value is -2.27. The molecule has 37 heavy (non-hydrogen) atoms. The standard InChI is InChI=1S/C27H32O10/c1-23-7-5-12-25(3)16(13(28)21(30)34-4)24(2)10-26(25,32)18-14(19(24)29)36-15(17(23)27(12,18)33)22(31)37-20(23)11-6-8-35-9-11/h6,8-9,12-18,20,28,32-33H,5,7,10H2,1-4H3/t12-,13+,14+,15+,16+,17-,18+,20+,23-,24-,25-,26+,27+/m1/s1. The Bertz CT molecular complexity index is 1230. The highest BCUT2D eigenvalue weighted by Crippen LogP contribution is 2.82. The zero-order chi connectivity index (χ0) is 26.5. The van der Waals surface area contributed by atoms with Gasteiger partial charge in [0.1, 0.15) is 12.2 Å². The van der Waals surface area contributed by atoms with E-state index in [1.807, 2.05) is 6.92 Å². The molecule has 10 nitrogen and oxygen atoms in total. The minimum atomic E-state index is -1.68. The summed E-state index contributed by atoms with van der Waals surface area (Å²) in [5, 5.41) is 36.7. The molecule has 6 fully saturated rings. The molecule has 10 heteroatoms. The van der Waals surface area contributed by atoms with Gasteiger partial charge in [0.2, 0.25) is 0 Å². The van der Waals surface area contributed by atoms with Crippen molar-refractivity contribution in [2.24, 2.45) is 39.9 Å². The van der Waals surface area contributed by atoms with Gasteiger partial charge in [-0.1, -0.05) is 20.8 Å². The summed E-state index contributed by atoms with van der Waals surface area (Å²) in [5.41, 5.74) is -5.99. The minimum absolute atomic E-state index is 0.0267. The average Bonchev–Trinajstić information content (AvgIpc) is 3.46. The van der Waals surface area contributed by atoms with Crippen molar-refractivity contribution in [2.75, 3.05) is 7.11 Å². The molecule has 0 radical (unpaired) electrons. The monoisotopic (exact) mass is 516 g/mol. The van der Waals surface area contributed by atoms with Crippen LogP contribution in [0.25, 0.3) is 0 Å². The molecule has 2 bridgehead atoms. The summed E-state index contributed by atoms with van der Waals surface area (Å²) < 4.78 is 22.3. The number of hydrogen-bond donors (Lipinski definition) is 3. The van der Waals surface area contributed by atoms with E-state index in [2.05, 4.69) is 0 Å². The number of ether oxygens (including phenoxy) is 3. The quantitative estimate of drug-likeness (QED) is 0.494. The Labute approximate surface area is 213 Å². The fraction of sp³-hybridized carbons (Fsp3) is 0.741. The largest absolute Gasteiger partial charge is 0.472 e. The summed E-state index contributed by atoms with van der Waals surface area (Å²) in [7, 11) is 1.16. The molecule has 2 aliphatic heterocycles. The summed E-state index contributed by atoms with van der Waals surface area (Å²) in [6, 6.07) is 1.72. The number of carbonyl (C=O) groups excluding carboxylic acids is 3. The van der Waals surface area contributed by atoms with Crippen LogP contribution in [0.4, 0.5) is 0 Å². The second-order valence-corrected chi connectivity index (χ2v) is 12.9. The number of furan rings is 1. The van der Waals surface area contributed by atoms with Gasteiger partial charge in [-0.25, -0.2) is 9.59 Å². The Morgan fingerprint density at radius 3 is 2.54 bits per heavy atom. The lowest BCUT2D eigenvalue weighted by atomic mass is 9.44. The van der Waals surface area contributed by atoms with Gasteiger partial charge in [-0.3, -0.25) is 4.79 Å². The van der Waals surface area contributed by atoms with Crippen LogP contribution in [0.15, 0.2) is 23.0 Å². The molecule has 0 aromatic carbocycles. The first-order chi connectivity index (χ1) is 17.3.